The fraction of sp³-hybridized carbons (Fsp3) is 0.533. The van der Waals surface area contributed by atoms with Gasteiger partial charge in [0.05, 0.1) is 7.11 Å². The number of rotatable bonds is 11. The molecule has 6 heteroatoms. The lowest BCUT2D eigenvalue weighted by Crippen LogP contribution is -2.18. The Morgan fingerprint density at radius 1 is 1.38 bits per heavy atom. The molecular weight excluding hydrogens is 274 g/mol. The number of nitrogens with one attached hydrogen (secondary N) is 1. The summed E-state index contributed by atoms with van der Waals surface area (Å²) < 4.78 is 15.8. The van der Waals surface area contributed by atoms with E-state index in [1.54, 1.807) is 6.07 Å². The number of para-hydroxylation sites is 1. The normalized spacial score (nSPS) is 10.4. The number of aliphatic carboxylic acids is 1. The van der Waals surface area contributed by atoms with Crippen molar-refractivity contribution < 1.29 is 24.1 Å². The summed E-state index contributed by atoms with van der Waals surface area (Å²) in [5.41, 5.74) is 0.868. The van der Waals surface area contributed by atoms with Gasteiger partial charge < -0.3 is 24.6 Å². The fourth-order valence-electron chi connectivity index (χ4n) is 1.83. The second-order valence-corrected chi connectivity index (χ2v) is 4.36. The van der Waals surface area contributed by atoms with Crippen LogP contribution in [0.3, 0.4) is 0 Å². The van der Waals surface area contributed by atoms with Crippen LogP contribution in [0.25, 0.3) is 0 Å². The molecule has 0 unspecified atom stereocenters. The molecule has 0 bridgehead atoms. The molecule has 6 nitrogen and oxygen atoms in total. The van der Waals surface area contributed by atoms with Gasteiger partial charge in [-0.1, -0.05) is 12.1 Å². The molecule has 0 atom stereocenters. The van der Waals surface area contributed by atoms with E-state index < -0.39 is 12.6 Å². The molecule has 0 radical (unpaired) electrons. The minimum atomic E-state index is -1.02. The molecule has 0 aromatic heterocycles. The zero-order valence-corrected chi connectivity index (χ0v) is 12.6. The van der Waals surface area contributed by atoms with Gasteiger partial charge in [-0.15, -0.1) is 0 Å². The third kappa shape index (κ3) is 6.46. The van der Waals surface area contributed by atoms with Gasteiger partial charge in [-0.25, -0.2) is 4.79 Å². The van der Waals surface area contributed by atoms with Crippen molar-refractivity contribution in [3.05, 3.63) is 23.8 Å². The average Bonchev–Trinajstić information content (AvgIpc) is 2.48. The molecule has 0 spiro atoms. The van der Waals surface area contributed by atoms with Gasteiger partial charge in [-0.05, 0) is 26.0 Å². The first-order valence-corrected chi connectivity index (χ1v) is 6.98. The predicted octanol–water partition coefficient (Wildman–Crippen LogP) is 1.67. The van der Waals surface area contributed by atoms with Gasteiger partial charge in [-0.3, -0.25) is 0 Å². The van der Waals surface area contributed by atoms with Crippen LogP contribution in [0.5, 0.6) is 11.5 Å². The number of carboxylic acid groups (broad SMARTS) is 1. The van der Waals surface area contributed by atoms with Crippen LogP contribution in [0, 0.1) is 0 Å². The Morgan fingerprint density at radius 2 is 2.19 bits per heavy atom. The number of hydrogen-bond donors (Lipinski definition) is 2. The van der Waals surface area contributed by atoms with Gasteiger partial charge in [0.1, 0.15) is 0 Å². The molecule has 0 aliphatic rings. The van der Waals surface area contributed by atoms with Crippen molar-refractivity contribution in [1.29, 1.82) is 0 Å². The third-order valence-corrected chi connectivity index (χ3v) is 2.78. The molecule has 0 fully saturated rings. The van der Waals surface area contributed by atoms with Gasteiger partial charge in [0.25, 0.3) is 0 Å². The highest BCUT2D eigenvalue weighted by Gasteiger charge is 2.11. The zero-order valence-electron chi connectivity index (χ0n) is 12.6. The molecule has 0 aliphatic carbocycles. The number of carbonyl (C=O) groups is 1. The first kappa shape index (κ1) is 17.3. The van der Waals surface area contributed by atoms with Crippen molar-refractivity contribution >= 4 is 5.97 Å². The first-order chi connectivity index (χ1) is 10.2. The minimum absolute atomic E-state index is 0.391. The van der Waals surface area contributed by atoms with Crippen LogP contribution in [0.1, 0.15) is 18.9 Å². The summed E-state index contributed by atoms with van der Waals surface area (Å²) in [7, 11) is 1.53. The smallest absolute Gasteiger partial charge is 0.341 e. The molecule has 0 saturated carbocycles. The van der Waals surface area contributed by atoms with Gasteiger partial charge in [0.15, 0.2) is 18.1 Å². The average molecular weight is 297 g/mol. The molecule has 0 heterocycles. The van der Waals surface area contributed by atoms with Crippen LogP contribution in [0.2, 0.25) is 0 Å². The van der Waals surface area contributed by atoms with E-state index in [0.29, 0.717) is 18.0 Å². The van der Waals surface area contributed by atoms with E-state index >= 15 is 0 Å². The number of carboxylic acids is 1. The molecule has 1 aromatic carbocycles. The Labute approximate surface area is 125 Å². The highest BCUT2D eigenvalue weighted by Crippen LogP contribution is 2.30. The van der Waals surface area contributed by atoms with E-state index in [-0.39, 0.29) is 0 Å². The summed E-state index contributed by atoms with van der Waals surface area (Å²) in [6.45, 7) is 4.42. The monoisotopic (exact) mass is 297 g/mol. The van der Waals surface area contributed by atoms with E-state index in [2.05, 4.69) is 5.32 Å². The van der Waals surface area contributed by atoms with Gasteiger partial charge in [0.2, 0.25) is 0 Å². The lowest BCUT2D eigenvalue weighted by atomic mass is 10.2. The van der Waals surface area contributed by atoms with Crippen LogP contribution >= 0.6 is 0 Å². The Kier molecular flexibility index (Phi) is 8.23. The van der Waals surface area contributed by atoms with Crippen LogP contribution in [-0.2, 0) is 16.1 Å². The van der Waals surface area contributed by atoms with Gasteiger partial charge >= 0.3 is 5.97 Å². The van der Waals surface area contributed by atoms with Crippen LogP contribution in [0.15, 0.2) is 18.2 Å². The minimum Gasteiger partial charge on any atom is -0.493 e. The van der Waals surface area contributed by atoms with Crippen molar-refractivity contribution in [2.24, 2.45) is 0 Å². The largest absolute Gasteiger partial charge is 0.493 e. The lowest BCUT2D eigenvalue weighted by Gasteiger charge is -2.14. The number of hydrogen-bond acceptors (Lipinski definition) is 5. The quantitative estimate of drug-likeness (QED) is 0.605. The van der Waals surface area contributed by atoms with Crippen molar-refractivity contribution in [1.82, 2.24) is 5.32 Å². The third-order valence-electron chi connectivity index (χ3n) is 2.78. The summed E-state index contributed by atoms with van der Waals surface area (Å²) in [5.74, 6) is -0.0129. The van der Waals surface area contributed by atoms with Crippen LogP contribution in [-0.4, -0.2) is 44.6 Å². The molecule has 0 aliphatic heterocycles. The summed E-state index contributed by atoms with van der Waals surface area (Å²) in [5, 5.41) is 12.0. The predicted molar refractivity (Wildman–Crippen MR) is 78.9 cm³/mol. The topological polar surface area (TPSA) is 77.0 Å². The SMILES string of the molecule is CCOCCCNCc1cccc(OC)c1OCC(=O)O. The summed E-state index contributed by atoms with van der Waals surface area (Å²) in [6, 6.07) is 5.48. The second kappa shape index (κ2) is 10.0. The van der Waals surface area contributed by atoms with Crippen molar-refractivity contribution in [2.75, 3.05) is 33.5 Å². The molecule has 0 amide bonds. The second-order valence-electron chi connectivity index (χ2n) is 4.36. The van der Waals surface area contributed by atoms with Crippen molar-refractivity contribution in [2.45, 2.75) is 19.9 Å². The van der Waals surface area contributed by atoms with E-state index in [4.69, 9.17) is 19.3 Å². The highest BCUT2D eigenvalue weighted by atomic mass is 16.5. The van der Waals surface area contributed by atoms with Gasteiger partial charge in [-0.2, -0.15) is 0 Å². The molecule has 1 aromatic rings. The fourth-order valence-corrected chi connectivity index (χ4v) is 1.83. The lowest BCUT2D eigenvalue weighted by molar-refractivity contribution is -0.139. The summed E-state index contributed by atoms with van der Waals surface area (Å²) >= 11 is 0. The maximum absolute atomic E-state index is 10.6. The maximum Gasteiger partial charge on any atom is 0.341 e. The maximum atomic E-state index is 10.6. The number of ether oxygens (including phenoxy) is 3. The molecule has 1 rings (SSSR count). The Hall–Kier alpha value is -1.79. The zero-order chi connectivity index (χ0) is 15.5. The molecule has 2 N–H and O–H groups in total. The first-order valence-electron chi connectivity index (χ1n) is 6.98. The van der Waals surface area contributed by atoms with E-state index in [1.165, 1.54) is 7.11 Å². The van der Waals surface area contributed by atoms with Gasteiger partial charge in [0, 0.05) is 25.3 Å². The molecular formula is C15H23NO5. The van der Waals surface area contributed by atoms with E-state index in [0.717, 1.165) is 31.7 Å². The Balaban J connectivity index is 2.56. The van der Waals surface area contributed by atoms with Crippen LogP contribution < -0.4 is 14.8 Å². The van der Waals surface area contributed by atoms with Crippen LogP contribution in [0.4, 0.5) is 0 Å². The van der Waals surface area contributed by atoms with Crippen molar-refractivity contribution in [3.63, 3.8) is 0 Å². The standard InChI is InChI=1S/C15H23NO5/c1-3-20-9-5-8-16-10-12-6-4-7-13(19-2)15(12)21-11-14(17)18/h4,6-7,16H,3,5,8-11H2,1-2H3,(H,17,18). The Bertz CT molecular complexity index is 436. The molecule has 0 saturated heterocycles. The highest BCUT2D eigenvalue weighted by molar-refractivity contribution is 5.68. The molecule has 21 heavy (non-hydrogen) atoms. The van der Waals surface area contributed by atoms with E-state index in [1.807, 2.05) is 19.1 Å². The van der Waals surface area contributed by atoms with Crippen molar-refractivity contribution in [3.8, 4) is 11.5 Å². The van der Waals surface area contributed by atoms with E-state index in [9.17, 15) is 4.79 Å². The summed E-state index contributed by atoms with van der Waals surface area (Å²) in [4.78, 5) is 10.6. The summed E-state index contributed by atoms with van der Waals surface area (Å²) in [6.07, 6.45) is 0.920. The molecule has 118 valence electrons. The number of methoxy groups -OCH3 is 1. The number of benzene rings is 1. The Morgan fingerprint density at radius 3 is 2.86 bits per heavy atom.